The van der Waals surface area contributed by atoms with Gasteiger partial charge in [-0.05, 0) is 18.6 Å². The van der Waals surface area contributed by atoms with E-state index in [1.165, 1.54) is 22.2 Å². The zero-order valence-corrected chi connectivity index (χ0v) is 14.2. The van der Waals surface area contributed by atoms with E-state index in [0.29, 0.717) is 6.04 Å². The summed E-state index contributed by atoms with van der Waals surface area (Å²) in [5.74, 6) is 0. The number of aromatic nitrogens is 2. The molecule has 1 N–H and O–H groups in total. The van der Waals surface area contributed by atoms with Crippen molar-refractivity contribution in [2.45, 2.75) is 26.1 Å². The Hall–Kier alpha value is -2.17. The van der Waals surface area contributed by atoms with Crippen molar-refractivity contribution in [1.29, 1.82) is 0 Å². The molecule has 1 fully saturated rings. The highest BCUT2D eigenvalue weighted by Crippen LogP contribution is 2.26. The lowest BCUT2D eigenvalue weighted by atomic mass is 10.0. The average molecular weight is 320 g/mol. The van der Waals surface area contributed by atoms with Gasteiger partial charge in [0.05, 0.1) is 11.2 Å². The van der Waals surface area contributed by atoms with Gasteiger partial charge in [-0.15, -0.1) is 0 Å². The number of hydrogen-bond donors (Lipinski definition) is 1. The van der Waals surface area contributed by atoms with Crippen molar-refractivity contribution in [3.05, 3.63) is 65.9 Å². The second-order valence-corrected chi connectivity index (χ2v) is 6.38. The van der Waals surface area contributed by atoms with Gasteiger partial charge in [0.15, 0.2) is 0 Å². The molecule has 2 heterocycles. The molecule has 0 radical (unpaired) electrons. The van der Waals surface area contributed by atoms with Crippen LogP contribution in [-0.4, -0.2) is 34.3 Å². The van der Waals surface area contributed by atoms with Crippen molar-refractivity contribution in [3.8, 4) is 0 Å². The predicted molar refractivity (Wildman–Crippen MR) is 97.9 cm³/mol. The van der Waals surface area contributed by atoms with E-state index in [9.17, 15) is 0 Å². The van der Waals surface area contributed by atoms with Crippen LogP contribution in [0, 0.1) is 0 Å². The van der Waals surface area contributed by atoms with Crippen molar-refractivity contribution in [1.82, 2.24) is 20.0 Å². The van der Waals surface area contributed by atoms with E-state index in [0.717, 1.165) is 32.7 Å². The molecular formula is C20H24N4. The minimum absolute atomic E-state index is 0.408. The first-order valence-electron chi connectivity index (χ1n) is 8.81. The van der Waals surface area contributed by atoms with Crippen molar-refractivity contribution >= 4 is 10.9 Å². The lowest BCUT2D eigenvalue weighted by Gasteiger charge is -2.36. The van der Waals surface area contributed by atoms with Crippen LogP contribution in [0.15, 0.2) is 54.6 Å². The van der Waals surface area contributed by atoms with Crippen molar-refractivity contribution in [2.75, 3.05) is 19.6 Å². The third-order valence-electron chi connectivity index (χ3n) is 4.93. The number of nitrogens with zero attached hydrogens (tertiary/aromatic N) is 3. The molecule has 0 saturated carbocycles. The number of hydrogen-bond acceptors (Lipinski definition) is 3. The number of nitrogens with one attached hydrogen (secondary N) is 1. The van der Waals surface area contributed by atoms with Crippen LogP contribution in [0.2, 0.25) is 0 Å². The molecule has 0 aliphatic carbocycles. The summed E-state index contributed by atoms with van der Waals surface area (Å²) in [5, 5.41) is 9.70. The monoisotopic (exact) mass is 320 g/mol. The predicted octanol–water partition coefficient (Wildman–Crippen LogP) is 3.20. The molecular weight excluding hydrogens is 296 g/mol. The summed E-state index contributed by atoms with van der Waals surface area (Å²) in [5.41, 5.74) is 3.81. The Kier molecular flexibility index (Phi) is 4.32. The Balaban J connectivity index is 1.66. The summed E-state index contributed by atoms with van der Waals surface area (Å²) in [6.45, 7) is 7.04. The van der Waals surface area contributed by atoms with Crippen molar-refractivity contribution < 1.29 is 0 Å². The average Bonchev–Trinajstić information content (AvgIpc) is 3.01. The summed E-state index contributed by atoms with van der Waals surface area (Å²) < 4.78 is 2.12. The van der Waals surface area contributed by atoms with Crippen molar-refractivity contribution in [2.24, 2.45) is 0 Å². The molecule has 24 heavy (non-hydrogen) atoms. The zero-order chi connectivity index (χ0) is 16.4. The minimum atomic E-state index is 0.408. The molecule has 2 aromatic carbocycles. The van der Waals surface area contributed by atoms with Crippen molar-refractivity contribution in [3.63, 3.8) is 0 Å². The fraction of sp³-hybridized carbons (Fsp3) is 0.350. The molecule has 1 aliphatic rings. The number of benzene rings is 2. The molecule has 0 spiro atoms. The van der Waals surface area contributed by atoms with Gasteiger partial charge in [0.2, 0.25) is 0 Å². The SMILES string of the molecule is CCn1nc(CN2CCNCC2c2ccccc2)c2ccccc21. The maximum absolute atomic E-state index is 4.88. The highest BCUT2D eigenvalue weighted by Gasteiger charge is 2.25. The summed E-state index contributed by atoms with van der Waals surface area (Å²) in [7, 11) is 0. The van der Waals surface area contributed by atoms with Gasteiger partial charge < -0.3 is 5.32 Å². The van der Waals surface area contributed by atoms with Gasteiger partial charge in [-0.1, -0.05) is 48.5 Å². The largest absolute Gasteiger partial charge is 0.314 e. The summed E-state index contributed by atoms with van der Waals surface area (Å²) in [6.07, 6.45) is 0. The van der Waals surface area contributed by atoms with E-state index in [2.05, 4.69) is 76.4 Å². The van der Waals surface area contributed by atoms with Gasteiger partial charge in [0.1, 0.15) is 0 Å². The van der Waals surface area contributed by atoms with Gasteiger partial charge >= 0.3 is 0 Å². The fourth-order valence-corrected chi connectivity index (χ4v) is 3.69. The second-order valence-electron chi connectivity index (χ2n) is 6.38. The van der Waals surface area contributed by atoms with E-state index in [1.807, 2.05) is 0 Å². The van der Waals surface area contributed by atoms with E-state index in [1.54, 1.807) is 0 Å². The maximum atomic E-state index is 4.88. The topological polar surface area (TPSA) is 33.1 Å². The first-order chi connectivity index (χ1) is 11.9. The molecule has 124 valence electrons. The molecule has 0 bridgehead atoms. The van der Waals surface area contributed by atoms with Gasteiger partial charge in [-0.25, -0.2) is 0 Å². The lowest BCUT2D eigenvalue weighted by molar-refractivity contribution is 0.152. The third kappa shape index (κ3) is 2.83. The van der Waals surface area contributed by atoms with E-state index >= 15 is 0 Å². The lowest BCUT2D eigenvalue weighted by Crippen LogP contribution is -2.45. The van der Waals surface area contributed by atoms with Crippen LogP contribution >= 0.6 is 0 Å². The highest BCUT2D eigenvalue weighted by molar-refractivity contribution is 5.81. The molecule has 4 nitrogen and oxygen atoms in total. The zero-order valence-electron chi connectivity index (χ0n) is 14.2. The van der Waals surface area contributed by atoms with Crippen LogP contribution in [-0.2, 0) is 13.1 Å². The first kappa shape index (κ1) is 15.4. The number of aryl methyl sites for hydroxylation is 1. The Morgan fingerprint density at radius 2 is 1.88 bits per heavy atom. The van der Waals surface area contributed by atoms with Crippen LogP contribution < -0.4 is 5.32 Å². The molecule has 1 aliphatic heterocycles. The standard InChI is InChI=1S/C20H24N4/c1-2-24-19-11-7-6-10-17(19)18(22-24)15-23-13-12-21-14-20(23)16-8-4-3-5-9-16/h3-11,20-21H,2,12-15H2,1H3. The molecule has 3 aromatic rings. The quantitative estimate of drug-likeness (QED) is 0.801. The number of rotatable bonds is 4. The van der Waals surface area contributed by atoms with E-state index in [4.69, 9.17) is 5.10 Å². The highest BCUT2D eigenvalue weighted by atomic mass is 15.3. The number of para-hydroxylation sites is 1. The van der Waals surface area contributed by atoms with Gasteiger partial charge in [-0.3, -0.25) is 9.58 Å². The molecule has 1 saturated heterocycles. The Bertz CT molecular complexity index is 809. The molecule has 0 amide bonds. The van der Waals surface area contributed by atoms with E-state index in [-0.39, 0.29) is 0 Å². The third-order valence-corrected chi connectivity index (χ3v) is 4.93. The van der Waals surface area contributed by atoms with E-state index < -0.39 is 0 Å². The van der Waals surface area contributed by atoms with Crippen LogP contribution in [0.3, 0.4) is 0 Å². The summed E-state index contributed by atoms with van der Waals surface area (Å²) >= 11 is 0. The Morgan fingerprint density at radius 1 is 1.08 bits per heavy atom. The Labute approximate surface area is 143 Å². The molecule has 1 unspecified atom stereocenters. The van der Waals surface area contributed by atoms with Crippen LogP contribution in [0.1, 0.15) is 24.2 Å². The molecule has 4 rings (SSSR count). The van der Waals surface area contributed by atoms with Gasteiger partial charge in [-0.2, -0.15) is 5.10 Å². The van der Waals surface area contributed by atoms with Crippen LogP contribution in [0.4, 0.5) is 0 Å². The number of piperazine rings is 1. The molecule has 1 atom stereocenters. The fourth-order valence-electron chi connectivity index (χ4n) is 3.69. The Morgan fingerprint density at radius 3 is 2.71 bits per heavy atom. The minimum Gasteiger partial charge on any atom is -0.314 e. The van der Waals surface area contributed by atoms with Crippen LogP contribution in [0.5, 0.6) is 0 Å². The second kappa shape index (κ2) is 6.75. The first-order valence-corrected chi connectivity index (χ1v) is 8.81. The normalized spacial score (nSPS) is 19.0. The van der Waals surface area contributed by atoms with Gasteiger partial charge in [0, 0.05) is 44.2 Å². The summed E-state index contributed by atoms with van der Waals surface area (Å²) in [4.78, 5) is 2.56. The molecule has 1 aromatic heterocycles. The maximum Gasteiger partial charge on any atom is 0.0843 e. The number of fused-ring (bicyclic) bond motifs is 1. The molecule has 4 heteroatoms. The summed E-state index contributed by atoms with van der Waals surface area (Å²) in [6, 6.07) is 19.8. The smallest absolute Gasteiger partial charge is 0.0843 e. The van der Waals surface area contributed by atoms with Crippen LogP contribution in [0.25, 0.3) is 10.9 Å². The van der Waals surface area contributed by atoms with Gasteiger partial charge in [0.25, 0.3) is 0 Å².